The largest absolute Gasteiger partial charge is 0.308 e. The van der Waals surface area contributed by atoms with E-state index < -0.39 is 9.84 Å². The summed E-state index contributed by atoms with van der Waals surface area (Å²) >= 11 is 0. The average molecular weight is 260 g/mol. The number of sulfone groups is 1. The van der Waals surface area contributed by atoms with Crippen molar-refractivity contribution in [2.45, 2.75) is 50.7 Å². The van der Waals surface area contributed by atoms with Gasteiger partial charge in [0.1, 0.15) is 0 Å². The zero-order valence-electron chi connectivity index (χ0n) is 11.1. The number of nitrogens with zero attached hydrogens (tertiary/aromatic N) is 1. The Morgan fingerprint density at radius 2 is 2.12 bits per heavy atom. The van der Waals surface area contributed by atoms with E-state index in [9.17, 15) is 8.42 Å². The Balaban J connectivity index is 1.94. The first-order chi connectivity index (χ1) is 7.80. The Morgan fingerprint density at radius 3 is 2.65 bits per heavy atom. The van der Waals surface area contributed by atoms with Gasteiger partial charge in [0.05, 0.1) is 11.5 Å². The van der Waals surface area contributed by atoms with Crippen molar-refractivity contribution >= 4 is 9.84 Å². The molecule has 0 radical (unpaired) electrons. The van der Waals surface area contributed by atoms with E-state index in [1.807, 2.05) is 0 Å². The molecule has 0 aromatic heterocycles. The molecular formula is C12H24N2O2S. The SMILES string of the molecule is CC1CC(NC2(C)CCS(=O)(=O)C2)CCN1C. The van der Waals surface area contributed by atoms with Crippen molar-refractivity contribution in [1.29, 1.82) is 0 Å². The Labute approximate surface area is 105 Å². The third-order valence-corrected chi connectivity index (χ3v) is 6.17. The molecule has 2 heterocycles. The van der Waals surface area contributed by atoms with Crippen LogP contribution in [0.3, 0.4) is 0 Å². The number of nitrogens with one attached hydrogen (secondary N) is 1. The molecule has 2 aliphatic rings. The number of piperidine rings is 1. The van der Waals surface area contributed by atoms with E-state index in [1.165, 1.54) is 0 Å². The molecule has 0 aromatic rings. The normalized spacial score (nSPS) is 42.8. The van der Waals surface area contributed by atoms with E-state index >= 15 is 0 Å². The molecule has 0 saturated carbocycles. The van der Waals surface area contributed by atoms with Crippen LogP contribution in [0.1, 0.15) is 33.1 Å². The van der Waals surface area contributed by atoms with Crippen LogP contribution in [0, 0.1) is 0 Å². The topological polar surface area (TPSA) is 49.4 Å². The van der Waals surface area contributed by atoms with Crippen LogP contribution in [0.5, 0.6) is 0 Å². The fraction of sp³-hybridized carbons (Fsp3) is 1.00. The van der Waals surface area contributed by atoms with Gasteiger partial charge in [-0.1, -0.05) is 0 Å². The van der Waals surface area contributed by atoms with Gasteiger partial charge in [-0.25, -0.2) is 8.42 Å². The summed E-state index contributed by atoms with van der Waals surface area (Å²) in [6.07, 6.45) is 3.00. The molecule has 1 N–H and O–H groups in total. The Morgan fingerprint density at radius 1 is 1.41 bits per heavy atom. The van der Waals surface area contributed by atoms with Crippen molar-refractivity contribution < 1.29 is 8.42 Å². The van der Waals surface area contributed by atoms with Crippen LogP contribution >= 0.6 is 0 Å². The molecule has 17 heavy (non-hydrogen) atoms. The number of hydrogen-bond donors (Lipinski definition) is 1. The lowest BCUT2D eigenvalue weighted by atomic mass is 9.94. The van der Waals surface area contributed by atoms with Crippen molar-refractivity contribution in [1.82, 2.24) is 10.2 Å². The first-order valence-electron chi connectivity index (χ1n) is 6.48. The maximum atomic E-state index is 11.6. The quantitative estimate of drug-likeness (QED) is 0.791. The molecule has 5 heteroatoms. The molecule has 100 valence electrons. The van der Waals surface area contributed by atoms with E-state index in [4.69, 9.17) is 0 Å². The number of rotatable bonds is 2. The Kier molecular flexibility index (Phi) is 3.54. The van der Waals surface area contributed by atoms with Gasteiger partial charge in [-0.2, -0.15) is 0 Å². The van der Waals surface area contributed by atoms with Crippen molar-refractivity contribution in [3.05, 3.63) is 0 Å². The molecule has 2 saturated heterocycles. The zero-order chi connectivity index (χ0) is 12.7. The van der Waals surface area contributed by atoms with Crippen LogP contribution in [-0.4, -0.2) is 56.0 Å². The average Bonchev–Trinajstić information content (AvgIpc) is 2.47. The molecule has 2 fully saturated rings. The number of hydrogen-bond acceptors (Lipinski definition) is 4. The van der Waals surface area contributed by atoms with Gasteiger partial charge in [0.2, 0.25) is 0 Å². The van der Waals surface area contributed by atoms with Crippen LogP contribution in [0.25, 0.3) is 0 Å². The van der Waals surface area contributed by atoms with E-state index in [0.29, 0.717) is 23.6 Å². The fourth-order valence-electron chi connectivity index (χ4n) is 3.04. The van der Waals surface area contributed by atoms with Gasteiger partial charge in [0.15, 0.2) is 9.84 Å². The highest BCUT2D eigenvalue weighted by Crippen LogP contribution is 2.26. The minimum atomic E-state index is -2.80. The minimum Gasteiger partial charge on any atom is -0.308 e. The second-order valence-electron chi connectivity index (χ2n) is 6.10. The first kappa shape index (κ1) is 13.3. The van der Waals surface area contributed by atoms with Crippen LogP contribution in [0.4, 0.5) is 0 Å². The van der Waals surface area contributed by atoms with Crippen LogP contribution in [0.2, 0.25) is 0 Å². The summed E-state index contributed by atoms with van der Waals surface area (Å²) in [6.45, 7) is 5.39. The summed E-state index contributed by atoms with van der Waals surface area (Å²) in [6, 6.07) is 1.06. The van der Waals surface area contributed by atoms with Gasteiger partial charge in [-0.3, -0.25) is 0 Å². The highest BCUT2D eigenvalue weighted by Gasteiger charge is 2.40. The molecule has 0 spiro atoms. The van der Waals surface area contributed by atoms with E-state index in [1.54, 1.807) is 0 Å². The third-order valence-electron chi connectivity index (χ3n) is 4.26. The maximum absolute atomic E-state index is 11.6. The van der Waals surface area contributed by atoms with E-state index in [-0.39, 0.29) is 5.54 Å². The smallest absolute Gasteiger partial charge is 0.152 e. The lowest BCUT2D eigenvalue weighted by molar-refractivity contribution is 0.152. The zero-order valence-corrected chi connectivity index (χ0v) is 11.9. The minimum absolute atomic E-state index is 0.195. The molecule has 2 aliphatic heterocycles. The molecule has 0 bridgehead atoms. The second-order valence-corrected chi connectivity index (χ2v) is 8.28. The van der Waals surface area contributed by atoms with Gasteiger partial charge >= 0.3 is 0 Å². The molecule has 0 aliphatic carbocycles. The summed E-state index contributed by atoms with van der Waals surface area (Å²) in [4.78, 5) is 2.37. The second kappa shape index (κ2) is 4.52. The lowest BCUT2D eigenvalue weighted by Crippen LogP contribution is -2.54. The molecule has 0 aromatic carbocycles. The van der Waals surface area contributed by atoms with Gasteiger partial charge in [0, 0.05) is 17.6 Å². The monoisotopic (exact) mass is 260 g/mol. The summed E-state index contributed by atoms with van der Waals surface area (Å²) in [5, 5.41) is 3.59. The van der Waals surface area contributed by atoms with Crippen molar-refractivity contribution in [2.75, 3.05) is 25.1 Å². The fourth-order valence-corrected chi connectivity index (χ4v) is 5.14. The van der Waals surface area contributed by atoms with Crippen molar-refractivity contribution in [3.8, 4) is 0 Å². The molecule has 0 amide bonds. The molecule has 3 unspecified atom stereocenters. The predicted molar refractivity (Wildman–Crippen MR) is 69.9 cm³/mol. The lowest BCUT2D eigenvalue weighted by Gasteiger charge is -2.39. The highest BCUT2D eigenvalue weighted by atomic mass is 32.2. The van der Waals surface area contributed by atoms with Gasteiger partial charge in [-0.05, 0) is 46.7 Å². The van der Waals surface area contributed by atoms with E-state index in [0.717, 1.165) is 25.8 Å². The predicted octanol–water partition coefficient (Wildman–Crippen LogP) is 0.636. The molecule has 2 rings (SSSR count). The van der Waals surface area contributed by atoms with E-state index in [2.05, 4.69) is 31.1 Å². The van der Waals surface area contributed by atoms with Crippen molar-refractivity contribution in [2.24, 2.45) is 0 Å². The third kappa shape index (κ3) is 3.20. The highest BCUT2D eigenvalue weighted by molar-refractivity contribution is 7.91. The molecule has 4 nitrogen and oxygen atoms in total. The Bertz CT molecular complexity index is 382. The van der Waals surface area contributed by atoms with Crippen LogP contribution < -0.4 is 5.32 Å². The molecule has 3 atom stereocenters. The van der Waals surface area contributed by atoms with Crippen LogP contribution in [-0.2, 0) is 9.84 Å². The van der Waals surface area contributed by atoms with Gasteiger partial charge in [-0.15, -0.1) is 0 Å². The summed E-state index contributed by atoms with van der Waals surface area (Å²) in [5.41, 5.74) is -0.195. The standard InChI is InChI=1S/C12H24N2O2S/c1-10-8-11(4-6-14(10)3)13-12(2)5-7-17(15,16)9-12/h10-11,13H,4-9H2,1-3H3. The summed E-state index contributed by atoms with van der Waals surface area (Å²) < 4.78 is 23.1. The van der Waals surface area contributed by atoms with Crippen molar-refractivity contribution in [3.63, 3.8) is 0 Å². The Hall–Kier alpha value is -0.130. The number of likely N-dealkylation sites (tertiary alicyclic amines) is 1. The summed E-state index contributed by atoms with van der Waals surface area (Å²) in [5.74, 6) is 0.652. The van der Waals surface area contributed by atoms with Crippen LogP contribution in [0.15, 0.2) is 0 Å². The van der Waals surface area contributed by atoms with Gasteiger partial charge < -0.3 is 10.2 Å². The summed E-state index contributed by atoms with van der Waals surface area (Å²) in [7, 11) is -0.647. The first-order valence-corrected chi connectivity index (χ1v) is 8.30. The maximum Gasteiger partial charge on any atom is 0.152 e. The molecular weight excluding hydrogens is 236 g/mol. The van der Waals surface area contributed by atoms with Gasteiger partial charge in [0.25, 0.3) is 0 Å².